The number of allylic oxidation sites excluding steroid dienone is 2. The van der Waals surface area contributed by atoms with E-state index in [0.29, 0.717) is 6.42 Å². The molecule has 4 nitrogen and oxygen atoms in total. The van der Waals surface area contributed by atoms with E-state index in [4.69, 9.17) is 14.7 Å². The Morgan fingerprint density at radius 3 is 2.44 bits per heavy atom. The summed E-state index contributed by atoms with van der Waals surface area (Å²) < 4.78 is 7.01. The number of benzene rings is 1. The van der Waals surface area contributed by atoms with Gasteiger partial charge >= 0.3 is 0 Å². The van der Waals surface area contributed by atoms with Crippen LogP contribution in [-0.4, -0.2) is 18.4 Å². The first-order valence-corrected chi connectivity index (χ1v) is 17.6. The Morgan fingerprint density at radius 2 is 1.85 bits per heavy atom. The molecule has 1 heterocycles. The van der Waals surface area contributed by atoms with Crippen molar-refractivity contribution in [2.75, 3.05) is 0 Å². The van der Waals surface area contributed by atoms with Gasteiger partial charge in [-0.1, -0.05) is 72.7 Å². The molecule has 0 unspecified atom stereocenters. The van der Waals surface area contributed by atoms with E-state index in [1.165, 1.54) is 16.8 Å². The highest BCUT2D eigenvalue weighted by Gasteiger charge is 2.43. The van der Waals surface area contributed by atoms with E-state index in [1.807, 2.05) is 24.3 Å². The number of nitriles is 1. The van der Waals surface area contributed by atoms with Crippen molar-refractivity contribution in [3.05, 3.63) is 75.3 Å². The summed E-state index contributed by atoms with van der Waals surface area (Å²) in [7, 11) is -2.03. The first kappa shape index (κ1) is 29.6. The van der Waals surface area contributed by atoms with Crippen LogP contribution in [0.1, 0.15) is 125 Å². The highest BCUT2D eigenvalue weighted by Crippen LogP contribution is 2.49. The molecule has 0 saturated carbocycles. The summed E-state index contributed by atoms with van der Waals surface area (Å²) in [6.45, 7) is 20.6. The Morgan fingerprint density at radius 1 is 1.18 bits per heavy atom. The zero-order chi connectivity index (χ0) is 28.8. The van der Waals surface area contributed by atoms with Crippen molar-refractivity contribution < 1.29 is 9.53 Å². The third-order valence-electron chi connectivity index (χ3n) is 9.26. The van der Waals surface area contributed by atoms with E-state index in [1.54, 1.807) is 0 Å². The highest BCUT2D eigenvalue weighted by atomic mass is 28.4. The molecule has 1 aromatic carbocycles. The molecule has 210 valence electrons. The number of pyridine rings is 1. The summed E-state index contributed by atoms with van der Waals surface area (Å²) >= 11 is 0. The SMILES string of the molecule is CC(C)c1nc2c(c([C@@H]3CCC=C3O[Si](C)(C)C(C)(C)C)c1[C@H](O)c1ccc(CC#N)cc1)CCC(C)(C)C2. The maximum atomic E-state index is 12.1. The van der Waals surface area contributed by atoms with Crippen LogP contribution in [0.3, 0.4) is 0 Å². The van der Waals surface area contributed by atoms with Gasteiger partial charge in [0.25, 0.3) is 0 Å². The summed E-state index contributed by atoms with van der Waals surface area (Å²) in [6, 6.07) is 10.1. The Hall–Kier alpha value is -2.42. The fourth-order valence-corrected chi connectivity index (χ4v) is 7.01. The van der Waals surface area contributed by atoms with Gasteiger partial charge < -0.3 is 9.53 Å². The lowest BCUT2D eigenvalue weighted by atomic mass is 9.71. The van der Waals surface area contributed by atoms with Gasteiger partial charge in [-0.25, -0.2) is 0 Å². The van der Waals surface area contributed by atoms with Crippen LogP contribution in [0, 0.1) is 16.7 Å². The summed E-state index contributed by atoms with van der Waals surface area (Å²) in [5.74, 6) is 1.42. The minimum Gasteiger partial charge on any atom is -0.546 e. The van der Waals surface area contributed by atoms with Gasteiger partial charge in [-0.3, -0.25) is 4.98 Å². The highest BCUT2D eigenvalue weighted by molar-refractivity contribution is 6.74. The second-order valence-electron chi connectivity index (χ2n) is 14.3. The van der Waals surface area contributed by atoms with Gasteiger partial charge in [-0.05, 0) is 89.9 Å². The van der Waals surface area contributed by atoms with Crippen LogP contribution in [0.2, 0.25) is 18.1 Å². The number of hydrogen-bond acceptors (Lipinski definition) is 4. The minimum atomic E-state index is -2.03. The summed E-state index contributed by atoms with van der Waals surface area (Å²) in [4.78, 5) is 5.32. The average Bonchev–Trinajstić information content (AvgIpc) is 3.28. The predicted molar refractivity (Wildman–Crippen MR) is 162 cm³/mol. The van der Waals surface area contributed by atoms with Crippen LogP contribution in [0.25, 0.3) is 0 Å². The first-order chi connectivity index (χ1) is 18.1. The Labute approximate surface area is 237 Å². The summed E-state index contributed by atoms with van der Waals surface area (Å²) in [6.07, 6.45) is 6.95. The molecular formula is C34H48N2O2Si. The lowest BCUT2D eigenvalue weighted by molar-refractivity contribution is 0.214. The molecule has 0 spiro atoms. The van der Waals surface area contributed by atoms with Gasteiger partial charge in [-0.2, -0.15) is 5.26 Å². The molecule has 39 heavy (non-hydrogen) atoms. The van der Waals surface area contributed by atoms with Crippen LogP contribution >= 0.6 is 0 Å². The molecule has 0 amide bonds. The Balaban J connectivity index is 1.91. The van der Waals surface area contributed by atoms with Gasteiger partial charge in [0.2, 0.25) is 8.32 Å². The van der Waals surface area contributed by atoms with Crippen molar-refractivity contribution in [1.29, 1.82) is 5.26 Å². The van der Waals surface area contributed by atoms with Gasteiger partial charge in [0.1, 0.15) is 6.10 Å². The first-order valence-electron chi connectivity index (χ1n) is 14.7. The van der Waals surface area contributed by atoms with Crippen molar-refractivity contribution in [1.82, 2.24) is 4.98 Å². The summed E-state index contributed by atoms with van der Waals surface area (Å²) in [5, 5.41) is 21.3. The Bertz CT molecular complexity index is 1280. The van der Waals surface area contributed by atoms with Gasteiger partial charge in [0.05, 0.1) is 18.2 Å². The second-order valence-corrected chi connectivity index (χ2v) is 19.0. The van der Waals surface area contributed by atoms with Crippen molar-refractivity contribution >= 4 is 8.32 Å². The maximum absolute atomic E-state index is 12.1. The van der Waals surface area contributed by atoms with Crippen LogP contribution in [0.5, 0.6) is 0 Å². The molecule has 0 aliphatic heterocycles. The number of aliphatic hydroxyl groups excluding tert-OH is 1. The molecule has 0 fully saturated rings. The number of fused-ring (bicyclic) bond motifs is 1. The van der Waals surface area contributed by atoms with Crippen LogP contribution in [0.4, 0.5) is 0 Å². The van der Waals surface area contributed by atoms with Crippen LogP contribution < -0.4 is 0 Å². The number of hydrogen-bond donors (Lipinski definition) is 1. The third kappa shape index (κ3) is 6.03. The van der Waals surface area contributed by atoms with Gasteiger partial charge in [0, 0.05) is 22.9 Å². The molecule has 2 atom stereocenters. The lowest BCUT2D eigenvalue weighted by Gasteiger charge is -2.40. The molecule has 1 N–H and O–H groups in total. The topological polar surface area (TPSA) is 66.1 Å². The van der Waals surface area contributed by atoms with Gasteiger partial charge in [0.15, 0.2) is 0 Å². The van der Waals surface area contributed by atoms with Crippen LogP contribution in [0.15, 0.2) is 36.1 Å². The molecule has 4 rings (SSSR count). The molecule has 0 saturated heterocycles. The number of aliphatic hydroxyl groups is 1. The molecule has 5 heteroatoms. The minimum absolute atomic E-state index is 0.110. The van der Waals surface area contributed by atoms with E-state index in [9.17, 15) is 5.11 Å². The zero-order valence-corrected chi connectivity index (χ0v) is 26.6. The fourth-order valence-electron chi connectivity index (χ4n) is 5.88. The Kier molecular flexibility index (Phi) is 8.23. The normalized spacial score (nSPS) is 19.8. The third-order valence-corrected chi connectivity index (χ3v) is 13.6. The van der Waals surface area contributed by atoms with Crippen molar-refractivity contribution in [3.8, 4) is 6.07 Å². The van der Waals surface area contributed by atoms with Crippen molar-refractivity contribution in [2.24, 2.45) is 5.41 Å². The van der Waals surface area contributed by atoms with E-state index >= 15 is 0 Å². The molecule has 2 aromatic rings. The van der Waals surface area contributed by atoms with E-state index < -0.39 is 14.4 Å². The standard InChI is InChI=1S/C34H48N2O2Si/c1-22(2)31-30(32(37)24-15-13-23(14-16-24)18-20-35)29(25-17-19-34(6,7)21-27(25)36-31)26-11-10-12-28(26)38-39(8,9)33(3,4)5/h12-16,22,26,32,37H,10-11,17-19,21H2,1-9H3/t26-,32-/m1/s1. The summed E-state index contributed by atoms with van der Waals surface area (Å²) in [5.41, 5.74) is 7.85. The molecular weight excluding hydrogens is 496 g/mol. The molecule has 2 aliphatic rings. The fraction of sp³-hybridized carbons (Fsp3) is 0.588. The number of nitrogens with zero attached hydrogens (tertiary/aromatic N) is 2. The maximum Gasteiger partial charge on any atom is 0.250 e. The van der Waals surface area contributed by atoms with Crippen LogP contribution in [-0.2, 0) is 23.7 Å². The second kappa shape index (κ2) is 10.9. The lowest BCUT2D eigenvalue weighted by Crippen LogP contribution is -2.41. The number of rotatable bonds is 7. The van der Waals surface area contributed by atoms with E-state index in [2.05, 4.69) is 73.7 Å². The van der Waals surface area contributed by atoms with Gasteiger partial charge in [-0.15, -0.1) is 0 Å². The zero-order valence-electron chi connectivity index (χ0n) is 25.6. The van der Waals surface area contributed by atoms with Crippen molar-refractivity contribution in [3.63, 3.8) is 0 Å². The monoisotopic (exact) mass is 544 g/mol. The van der Waals surface area contributed by atoms with Crippen molar-refractivity contribution in [2.45, 2.75) is 123 Å². The molecule has 0 bridgehead atoms. The largest absolute Gasteiger partial charge is 0.546 e. The smallest absolute Gasteiger partial charge is 0.250 e. The number of aromatic nitrogens is 1. The average molecular weight is 545 g/mol. The van der Waals surface area contributed by atoms with E-state index in [0.717, 1.165) is 60.2 Å². The molecule has 0 radical (unpaired) electrons. The predicted octanol–water partition coefficient (Wildman–Crippen LogP) is 8.65. The quantitative estimate of drug-likeness (QED) is 0.354. The molecule has 1 aromatic heterocycles. The van der Waals surface area contributed by atoms with E-state index in [-0.39, 0.29) is 22.3 Å². The molecule has 2 aliphatic carbocycles.